The number of benzene rings is 4. The number of ether oxygens (including phenoxy) is 1. The largest absolute Gasteiger partial charge is 0.748 e. The first-order valence-corrected chi connectivity index (χ1v) is 42.0. The second-order valence-corrected chi connectivity index (χ2v) is 34.8. The third-order valence-corrected chi connectivity index (χ3v) is 23.6. The van der Waals surface area contributed by atoms with Crippen molar-refractivity contribution in [2.24, 2.45) is 5.92 Å². The first-order chi connectivity index (χ1) is 50.0. The summed E-state index contributed by atoms with van der Waals surface area (Å²) < 4.78 is 147. The van der Waals surface area contributed by atoms with Crippen molar-refractivity contribution in [1.82, 2.24) is 26.2 Å². The number of hydrogen-bond donors (Lipinski definition) is 9. The van der Waals surface area contributed by atoms with Crippen molar-refractivity contribution in [3.05, 3.63) is 160 Å². The van der Waals surface area contributed by atoms with Gasteiger partial charge in [-0.25, -0.2) is 8.42 Å². The standard InChI is InChI=1S/C74H96BN7O20S4/c1-73(2)59-47-57(105(96,97)98)30-32-62(59)80(39-10-12-42-103(90,91)92)64(73)34-26-53-16-14-17-54(27-35-65-74(3,4)60-48-58(106(99,100)101)31-33-63(60)81(65)40-11-13-43-104(93,94)95)70(53)102-56-28-24-50(25-29-56)36-38-77-67(83)19-8-6-5-7-9-37-76-68(84)44-51-20-22-52(23-21-51)49-78-69(85)46-55-45-61(79-71(55)86)72(87)82-41-15-18-66(82)75(88)89/h20-35,47-48,55,61,66,88-89H,5-19,36-46,49H2,1-4H3,(H7-,76,77,78,79,83,84,85,86,90,91,92,93,94,95,96,97,98,99,100,101)/t55-,61-,66-/m1/s1. The molecular weight excluding hydrogens is 1450 g/mol. The van der Waals surface area contributed by atoms with E-state index in [9.17, 15) is 85.9 Å². The van der Waals surface area contributed by atoms with E-state index in [0.717, 1.165) is 59.2 Å². The molecule has 2 saturated heterocycles. The first kappa shape index (κ1) is 82.1. The minimum Gasteiger partial charge on any atom is -0.748 e. The number of nitrogens with zero attached hydrogens (tertiary/aromatic N) is 3. The maximum Gasteiger partial charge on any atom is 0.475 e. The normalized spacial score (nSPS) is 19.5. The van der Waals surface area contributed by atoms with Gasteiger partial charge in [-0.05, 0) is 179 Å². The van der Waals surface area contributed by atoms with E-state index in [-0.39, 0.29) is 85.2 Å². The molecule has 0 saturated carbocycles. The number of rotatable bonds is 36. The summed E-state index contributed by atoms with van der Waals surface area (Å²) in [5.74, 6) is -2.75. The van der Waals surface area contributed by atoms with E-state index in [2.05, 4.69) is 21.3 Å². The summed E-state index contributed by atoms with van der Waals surface area (Å²) in [6.45, 7) is 9.64. The summed E-state index contributed by atoms with van der Waals surface area (Å²) in [6.07, 6.45) is 16.5. The van der Waals surface area contributed by atoms with Crippen molar-refractivity contribution in [3.63, 3.8) is 0 Å². The fourth-order valence-corrected chi connectivity index (χ4v) is 16.7. The minimum absolute atomic E-state index is 0.0700. The molecule has 574 valence electrons. The molecule has 0 unspecified atom stereocenters. The van der Waals surface area contributed by atoms with Gasteiger partial charge >= 0.3 is 7.12 Å². The van der Waals surface area contributed by atoms with Crippen LogP contribution < -0.4 is 30.9 Å². The lowest BCUT2D eigenvalue weighted by Crippen LogP contribution is -2.51. The highest BCUT2D eigenvalue weighted by Gasteiger charge is 2.47. The molecule has 4 heterocycles. The van der Waals surface area contributed by atoms with Crippen molar-refractivity contribution >= 4 is 94.2 Å². The molecule has 3 atom stereocenters. The molecule has 9 rings (SSSR count). The second-order valence-electron chi connectivity index (χ2n) is 28.8. The van der Waals surface area contributed by atoms with Gasteiger partial charge < -0.3 is 50.4 Å². The summed E-state index contributed by atoms with van der Waals surface area (Å²) in [7, 11) is -19.6. The van der Waals surface area contributed by atoms with Gasteiger partial charge in [-0.2, -0.15) is 29.8 Å². The van der Waals surface area contributed by atoms with Gasteiger partial charge in [-0.1, -0.05) is 75.6 Å². The number of likely N-dealkylation sites (tertiary alicyclic amines) is 1. The summed E-state index contributed by atoms with van der Waals surface area (Å²) in [5.41, 5.74) is 6.25. The van der Waals surface area contributed by atoms with Crippen molar-refractivity contribution in [2.45, 2.75) is 189 Å². The van der Waals surface area contributed by atoms with Gasteiger partial charge in [0.2, 0.25) is 35.2 Å². The molecule has 0 aromatic heterocycles. The summed E-state index contributed by atoms with van der Waals surface area (Å²) in [4.78, 5) is 67.0. The molecule has 0 spiro atoms. The average molecular weight is 1540 g/mol. The third kappa shape index (κ3) is 22.1. The maximum atomic E-state index is 13.0. The van der Waals surface area contributed by atoms with E-state index in [1.165, 1.54) is 29.2 Å². The number of carbonyl (C=O) groups excluding carboxylic acids is 5. The number of anilines is 1. The number of allylic oxidation sites excluding steroid dienone is 7. The van der Waals surface area contributed by atoms with E-state index in [1.54, 1.807) is 12.1 Å². The second kappa shape index (κ2) is 35.4. The van der Waals surface area contributed by atoms with Crippen molar-refractivity contribution in [1.29, 1.82) is 0 Å². The zero-order valence-electron chi connectivity index (χ0n) is 60.1. The molecule has 0 radical (unpaired) electrons. The molecule has 32 heteroatoms. The van der Waals surface area contributed by atoms with E-state index in [0.29, 0.717) is 124 Å². The Balaban J connectivity index is 0.782. The predicted molar refractivity (Wildman–Crippen MR) is 397 cm³/mol. The maximum absolute atomic E-state index is 13.0. The predicted octanol–water partition coefficient (Wildman–Crippen LogP) is 7.10. The zero-order chi connectivity index (χ0) is 76.9. The van der Waals surface area contributed by atoms with Crippen LogP contribution in [0.4, 0.5) is 11.4 Å². The molecule has 106 heavy (non-hydrogen) atoms. The fraction of sp³-hybridized carbons (Fsp3) is 0.486. The number of amides is 5. The van der Waals surface area contributed by atoms with Crippen molar-refractivity contribution < 1.29 is 95.2 Å². The molecule has 0 bridgehead atoms. The molecule has 27 nitrogen and oxygen atoms in total. The number of carbonyl (C=O) groups is 5. The van der Waals surface area contributed by atoms with E-state index >= 15 is 0 Å². The lowest BCUT2D eigenvalue weighted by atomic mass is 9.77. The Morgan fingerprint density at radius 1 is 0.689 bits per heavy atom. The van der Waals surface area contributed by atoms with Crippen molar-refractivity contribution in [3.8, 4) is 5.75 Å². The molecule has 4 aromatic carbocycles. The van der Waals surface area contributed by atoms with Gasteiger partial charge in [0.1, 0.15) is 24.1 Å². The Morgan fingerprint density at radius 2 is 1.34 bits per heavy atom. The number of unbranched alkanes of at least 4 members (excludes halogenated alkanes) is 6. The summed E-state index contributed by atoms with van der Waals surface area (Å²) in [5, 5.41) is 30.8. The zero-order valence-corrected chi connectivity index (χ0v) is 63.4. The Labute approximate surface area is 621 Å². The van der Waals surface area contributed by atoms with Crippen LogP contribution in [-0.2, 0) is 94.7 Å². The Morgan fingerprint density at radius 3 is 2.03 bits per heavy atom. The molecular formula is C74H96BN7O20S4. The van der Waals surface area contributed by atoms with Crippen LogP contribution in [0.25, 0.3) is 0 Å². The van der Waals surface area contributed by atoms with Crippen LogP contribution in [0.1, 0.15) is 165 Å². The molecule has 4 aliphatic heterocycles. The lowest BCUT2D eigenvalue weighted by Gasteiger charge is -2.27. The molecule has 5 aliphatic rings. The van der Waals surface area contributed by atoms with Crippen LogP contribution in [-0.4, -0.2) is 170 Å². The Hall–Kier alpha value is -7.92. The highest BCUT2D eigenvalue weighted by Crippen LogP contribution is 2.49. The van der Waals surface area contributed by atoms with E-state index in [1.807, 2.05) is 110 Å². The van der Waals surface area contributed by atoms with Gasteiger partial charge in [-0.15, -0.1) is 0 Å². The molecule has 2 fully saturated rings. The van der Waals surface area contributed by atoms with Gasteiger partial charge in [0.05, 0.1) is 43.4 Å². The van der Waals surface area contributed by atoms with Crippen LogP contribution in [0.5, 0.6) is 5.75 Å². The van der Waals surface area contributed by atoms with Crippen LogP contribution in [0.3, 0.4) is 0 Å². The van der Waals surface area contributed by atoms with Crippen LogP contribution in [0, 0.1) is 5.92 Å². The van der Waals surface area contributed by atoms with Crippen molar-refractivity contribution in [2.75, 3.05) is 49.1 Å². The number of fused-ring (bicyclic) bond motifs is 2. The smallest absolute Gasteiger partial charge is 0.475 e. The van der Waals surface area contributed by atoms with Gasteiger partial charge in [0, 0.05) is 98.2 Å². The SMILES string of the molecule is CC1(C)C(/C=C/C2=C(Oc3ccc(CCNC(=O)CCCCCCCNC(=O)Cc4ccc(CNC(=O)C[C@H]5C[C@H](C(=O)N6CCC[C@@H]6B(O)O)NC5=O)cc4)cc3)C(=C/C=C3/N(CCCCS(=O)(=O)[O-])c4ccc(S(=O)(=O)O)cc4C3(C)C)/CCC2)=[N+](CCCCS(=O)(=O)O)c2ccc(S(=O)(=O)O)cc21. The number of nitrogens with one attached hydrogen (secondary N) is 4. The quantitative estimate of drug-likeness (QED) is 0.00948. The monoisotopic (exact) mass is 1540 g/mol. The molecule has 9 N–H and O–H groups in total. The first-order valence-electron chi connectivity index (χ1n) is 36.0. The van der Waals surface area contributed by atoms with Gasteiger partial charge in [0.25, 0.3) is 30.4 Å². The Bertz CT molecular complexity index is 4580. The lowest BCUT2D eigenvalue weighted by molar-refractivity contribution is -0.438. The number of hydrogen-bond acceptors (Lipinski definition) is 18. The van der Waals surface area contributed by atoms with E-state index < -0.39 is 93.7 Å². The van der Waals surface area contributed by atoms with Crippen LogP contribution in [0.2, 0.25) is 0 Å². The third-order valence-electron chi connectivity index (χ3n) is 20.3. The Kier molecular flexibility index (Phi) is 27.4. The van der Waals surface area contributed by atoms with Gasteiger partial charge in [-0.3, -0.25) is 37.6 Å². The van der Waals surface area contributed by atoms with Gasteiger partial charge in [0.15, 0.2) is 5.71 Å². The summed E-state index contributed by atoms with van der Waals surface area (Å²) in [6, 6.07) is 22.5. The van der Waals surface area contributed by atoms with Crippen LogP contribution >= 0.6 is 0 Å². The minimum atomic E-state index is -4.60. The topological polar surface area (TPSA) is 413 Å². The average Bonchev–Trinajstić information content (AvgIpc) is 1.59. The molecule has 1 aliphatic carbocycles. The fourth-order valence-electron chi connectivity index (χ4n) is 14.5. The molecule has 5 amide bonds. The molecule has 4 aromatic rings. The highest BCUT2D eigenvalue weighted by molar-refractivity contribution is 7.86. The van der Waals surface area contributed by atoms with E-state index in [4.69, 9.17) is 4.74 Å². The van der Waals surface area contributed by atoms with Crippen LogP contribution in [0.15, 0.2) is 142 Å². The highest BCUT2D eigenvalue weighted by atomic mass is 32.2. The summed E-state index contributed by atoms with van der Waals surface area (Å²) >= 11 is 0.